The first kappa shape index (κ1) is 13.3. The number of anilines is 1. The third kappa shape index (κ3) is 2.35. The smallest absolute Gasteiger partial charge is 0.137 e. The molecule has 0 saturated carbocycles. The van der Waals surface area contributed by atoms with Gasteiger partial charge in [0.1, 0.15) is 5.75 Å². The van der Waals surface area contributed by atoms with Crippen LogP contribution in [-0.4, -0.2) is 7.11 Å². The number of rotatable bonds is 3. The third-order valence-corrected chi connectivity index (χ3v) is 4.05. The summed E-state index contributed by atoms with van der Waals surface area (Å²) in [4.78, 5) is 0. The number of hydrogen-bond acceptors (Lipinski definition) is 3. The van der Waals surface area contributed by atoms with Crippen LogP contribution < -0.4 is 15.8 Å². The Bertz CT molecular complexity index is 630. The number of ether oxygens (including phenoxy) is 1. The molecular formula is C16H17ClN2O. The molecule has 3 nitrogen and oxygen atoms in total. The molecular weight excluding hydrogens is 272 g/mol. The van der Waals surface area contributed by atoms with Gasteiger partial charge < -0.3 is 15.8 Å². The van der Waals surface area contributed by atoms with Crippen LogP contribution in [0.1, 0.15) is 29.6 Å². The van der Waals surface area contributed by atoms with E-state index in [9.17, 15) is 0 Å². The highest BCUT2D eigenvalue weighted by Gasteiger charge is 2.28. The van der Waals surface area contributed by atoms with E-state index in [1.165, 1.54) is 11.1 Å². The summed E-state index contributed by atoms with van der Waals surface area (Å²) in [5.41, 5.74) is 9.65. The first-order valence-electron chi connectivity index (χ1n) is 6.63. The Balaban J connectivity index is 1.84. The van der Waals surface area contributed by atoms with E-state index in [0.717, 1.165) is 12.1 Å². The third-order valence-electron chi connectivity index (χ3n) is 3.75. The Kier molecular flexibility index (Phi) is 3.55. The number of methoxy groups -OCH3 is 1. The molecule has 0 fully saturated rings. The Hall–Kier alpha value is -1.71. The summed E-state index contributed by atoms with van der Waals surface area (Å²) >= 11 is 6.15. The minimum absolute atomic E-state index is 0.0948. The number of nitrogens with two attached hydrogens (primary N) is 1. The van der Waals surface area contributed by atoms with E-state index in [-0.39, 0.29) is 12.1 Å². The standard InChI is InChI=1S/C16H17ClN2O/c1-20-16-7-6-10(8-13(16)17)19-15-9-14(18)11-4-2-3-5-12(11)15/h2-8,14-15,19H,9,18H2,1H3. The highest BCUT2D eigenvalue weighted by atomic mass is 35.5. The average molecular weight is 289 g/mol. The van der Waals surface area contributed by atoms with Gasteiger partial charge in [0.15, 0.2) is 0 Å². The van der Waals surface area contributed by atoms with Gasteiger partial charge in [-0.3, -0.25) is 0 Å². The topological polar surface area (TPSA) is 47.3 Å². The van der Waals surface area contributed by atoms with Crippen LogP contribution in [-0.2, 0) is 0 Å². The summed E-state index contributed by atoms with van der Waals surface area (Å²) in [6.07, 6.45) is 0.892. The van der Waals surface area contributed by atoms with Crippen LogP contribution in [0.5, 0.6) is 5.75 Å². The van der Waals surface area contributed by atoms with E-state index in [4.69, 9.17) is 22.1 Å². The van der Waals surface area contributed by atoms with Gasteiger partial charge in [0, 0.05) is 11.7 Å². The molecule has 3 rings (SSSR count). The van der Waals surface area contributed by atoms with Gasteiger partial charge in [-0.1, -0.05) is 35.9 Å². The second kappa shape index (κ2) is 5.35. The second-order valence-corrected chi connectivity index (χ2v) is 5.42. The van der Waals surface area contributed by atoms with Crippen LogP contribution in [0.4, 0.5) is 5.69 Å². The normalized spacial score (nSPS) is 20.6. The number of hydrogen-bond donors (Lipinski definition) is 2. The maximum absolute atomic E-state index is 6.18. The largest absolute Gasteiger partial charge is 0.495 e. The van der Waals surface area contributed by atoms with Crippen LogP contribution in [0.15, 0.2) is 42.5 Å². The number of halogens is 1. The van der Waals surface area contributed by atoms with Gasteiger partial charge in [-0.2, -0.15) is 0 Å². The molecule has 0 aromatic heterocycles. The predicted octanol–water partition coefficient (Wildman–Crippen LogP) is 3.91. The van der Waals surface area contributed by atoms with Crippen molar-refractivity contribution in [3.8, 4) is 5.75 Å². The van der Waals surface area contributed by atoms with Crippen LogP contribution in [0.2, 0.25) is 5.02 Å². The van der Waals surface area contributed by atoms with Crippen molar-refractivity contribution in [2.75, 3.05) is 12.4 Å². The molecule has 3 N–H and O–H groups in total. The van der Waals surface area contributed by atoms with Crippen LogP contribution >= 0.6 is 11.6 Å². The first-order chi connectivity index (χ1) is 9.69. The Labute approximate surface area is 123 Å². The lowest BCUT2D eigenvalue weighted by Crippen LogP contribution is -2.09. The molecule has 1 aliphatic rings. The van der Waals surface area contributed by atoms with Crippen molar-refractivity contribution in [2.24, 2.45) is 5.73 Å². The SMILES string of the molecule is COc1ccc(NC2CC(N)c3ccccc32)cc1Cl. The summed E-state index contributed by atoms with van der Waals surface area (Å²) < 4.78 is 5.16. The molecule has 2 aromatic carbocycles. The lowest BCUT2D eigenvalue weighted by Gasteiger charge is -2.16. The van der Waals surface area contributed by atoms with Crippen molar-refractivity contribution in [3.63, 3.8) is 0 Å². The van der Waals surface area contributed by atoms with E-state index in [2.05, 4.69) is 17.4 Å². The summed E-state index contributed by atoms with van der Waals surface area (Å²) in [5.74, 6) is 0.681. The molecule has 2 unspecified atom stereocenters. The van der Waals surface area contributed by atoms with Gasteiger partial charge in [0.05, 0.1) is 18.2 Å². The van der Waals surface area contributed by atoms with E-state index >= 15 is 0 Å². The predicted molar refractivity (Wildman–Crippen MR) is 82.4 cm³/mol. The van der Waals surface area contributed by atoms with Crippen molar-refractivity contribution < 1.29 is 4.74 Å². The molecule has 20 heavy (non-hydrogen) atoms. The molecule has 0 amide bonds. The fraction of sp³-hybridized carbons (Fsp3) is 0.250. The quantitative estimate of drug-likeness (QED) is 0.900. The monoisotopic (exact) mass is 288 g/mol. The molecule has 4 heteroatoms. The zero-order chi connectivity index (χ0) is 14.1. The van der Waals surface area contributed by atoms with E-state index < -0.39 is 0 Å². The maximum Gasteiger partial charge on any atom is 0.137 e. The van der Waals surface area contributed by atoms with Crippen LogP contribution in [0, 0.1) is 0 Å². The minimum Gasteiger partial charge on any atom is -0.495 e. The van der Waals surface area contributed by atoms with Crippen molar-refractivity contribution in [1.82, 2.24) is 0 Å². The van der Waals surface area contributed by atoms with Crippen LogP contribution in [0.3, 0.4) is 0 Å². The zero-order valence-electron chi connectivity index (χ0n) is 11.3. The van der Waals surface area contributed by atoms with Gasteiger partial charge in [0.25, 0.3) is 0 Å². The Morgan fingerprint density at radius 2 is 1.95 bits per heavy atom. The summed E-state index contributed by atoms with van der Waals surface area (Å²) in [6.45, 7) is 0. The number of nitrogens with one attached hydrogen (secondary N) is 1. The Morgan fingerprint density at radius 1 is 1.20 bits per heavy atom. The summed E-state index contributed by atoms with van der Waals surface area (Å²) in [5, 5.41) is 4.10. The van der Waals surface area contributed by atoms with E-state index in [0.29, 0.717) is 10.8 Å². The van der Waals surface area contributed by atoms with Crippen molar-refractivity contribution in [1.29, 1.82) is 0 Å². The highest BCUT2D eigenvalue weighted by Crippen LogP contribution is 2.39. The van der Waals surface area contributed by atoms with Gasteiger partial charge in [-0.25, -0.2) is 0 Å². The number of benzene rings is 2. The van der Waals surface area contributed by atoms with Gasteiger partial charge >= 0.3 is 0 Å². The summed E-state index contributed by atoms with van der Waals surface area (Å²) in [7, 11) is 1.61. The second-order valence-electron chi connectivity index (χ2n) is 5.02. The molecule has 2 atom stereocenters. The first-order valence-corrected chi connectivity index (χ1v) is 7.01. The molecule has 0 radical (unpaired) electrons. The maximum atomic E-state index is 6.18. The van der Waals surface area contributed by atoms with E-state index in [1.54, 1.807) is 7.11 Å². The average Bonchev–Trinajstić information content (AvgIpc) is 2.76. The van der Waals surface area contributed by atoms with Crippen molar-refractivity contribution >= 4 is 17.3 Å². The van der Waals surface area contributed by atoms with Crippen molar-refractivity contribution in [3.05, 3.63) is 58.6 Å². The molecule has 0 heterocycles. The van der Waals surface area contributed by atoms with Crippen LogP contribution in [0.25, 0.3) is 0 Å². The minimum atomic E-state index is 0.0948. The molecule has 0 bridgehead atoms. The fourth-order valence-corrected chi connectivity index (χ4v) is 3.03. The molecule has 0 saturated heterocycles. The van der Waals surface area contributed by atoms with Gasteiger partial charge in [-0.15, -0.1) is 0 Å². The molecule has 2 aromatic rings. The highest BCUT2D eigenvalue weighted by molar-refractivity contribution is 6.32. The van der Waals surface area contributed by atoms with Crippen molar-refractivity contribution in [2.45, 2.75) is 18.5 Å². The molecule has 104 valence electrons. The lowest BCUT2D eigenvalue weighted by molar-refractivity contribution is 0.415. The fourth-order valence-electron chi connectivity index (χ4n) is 2.77. The molecule has 0 aliphatic heterocycles. The van der Waals surface area contributed by atoms with Gasteiger partial charge in [-0.05, 0) is 35.7 Å². The number of fused-ring (bicyclic) bond motifs is 1. The molecule has 0 spiro atoms. The lowest BCUT2D eigenvalue weighted by atomic mass is 10.1. The van der Waals surface area contributed by atoms with E-state index in [1.807, 2.05) is 30.3 Å². The molecule has 1 aliphatic carbocycles. The van der Waals surface area contributed by atoms with Gasteiger partial charge in [0.2, 0.25) is 0 Å². The summed E-state index contributed by atoms with van der Waals surface area (Å²) in [6, 6.07) is 14.4. The zero-order valence-corrected chi connectivity index (χ0v) is 12.0. The Morgan fingerprint density at radius 3 is 2.65 bits per heavy atom.